The number of hydrogen-bond acceptors (Lipinski definition) is 12. The molecule has 17 heteroatoms. The minimum absolute atomic E-state index is 0.0226. The van der Waals surface area contributed by atoms with E-state index in [4.69, 9.17) is 42.4 Å². The molecule has 54 heavy (non-hydrogen) atoms. The van der Waals surface area contributed by atoms with Crippen molar-refractivity contribution in [3.05, 3.63) is 91.7 Å². The molecule has 1 aliphatic carbocycles. The second-order valence-electron chi connectivity index (χ2n) is 15.1. The van der Waals surface area contributed by atoms with Gasteiger partial charge in [-0.3, -0.25) is 19.1 Å². The van der Waals surface area contributed by atoms with E-state index in [9.17, 15) is 24.0 Å². The number of esters is 1. The third-order valence-electron chi connectivity index (χ3n) is 8.80. The highest BCUT2D eigenvalue weighted by atomic mass is 35.5. The summed E-state index contributed by atoms with van der Waals surface area (Å²) in [6, 6.07) is 10.0. The number of Topliss-reactive ketones (excluding diaryl/α,β-unsaturated/α-hetero) is 1. The van der Waals surface area contributed by atoms with Crippen molar-refractivity contribution in [3.63, 3.8) is 0 Å². The Morgan fingerprint density at radius 3 is 2.28 bits per heavy atom. The normalized spacial score (nSPS) is 18.2. The number of carbonyl (C=O) groups excluding carboxylic acids is 4. The highest BCUT2D eigenvalue weighted by Crippen LogP contribution is 2.58. The van der Waals surface area contributed by atoms with Crippen molar-refractivity contribution in [2.24, 2.45) is 10.9 Å². The van der Waals surface area contributed by atoms with Gasteiger partial charge in [0.25, 0.3) is 5.56 Å². The van der Waals surface area contributed by atoms with Crippen molar-refractivity contribution in [2.45, 2.75) is 77.7 Å². The first-order chi connectivity index (χ1) is 25.4. The van der Waals surface area contributed by atoms with Gasteiger partial charge in [-0.15, -0.1) is 5.10 Å². The van der Waals surface area contributed by atoms with Crippen LogP contribution in [0.5, 0.6) is 0 Å². The smallest absolute Gasteiger partial charge is 0.425 e. The monoisotopic (exact) mass is 775 g/mol. The number of nitrogens with zero attached hydrogens (tertiary/aromatic N) is 7. The van der Waals surface area contributed by atoms with Crippen LogP contribution in [0.15, 0.2) is 58.4 Å². The number of aliphatic imine (C=N–C) groups is 1. The van der Waals surface area contributed by atoms with E-state index in [0.29, 0.717) is 45.3 Å². The minimum atomic E-state index is -0.960. The summed E-state index contributed by atoms with van der Waals surface area (Å²) in [6.07, 6.45) is 0.221. The molecule has 4 heterocycles. The summed E-state index contributed by atoms with van der Waals surface area (Å²) in [5.74, 6) is -1.09. The largest absolute Gasteiger partial charge is 0.456 e. The predicted octanol–water partition coefficient (Wildman–Crippen LogP) is 6.31. The van der Waals surface area contributed by atoms with Gasteiger partial charge in [-0.05, 0) is 77.8 Å². The fraction of sp³-hybridized carbons (Fsp3) is 0.378. The summed E-state index contributed by atoms with van der Waals surface area (Å²) in [5.41, 5.74) is 0.365. The van der Waals surface area contributed by atoms with Crippen molar-refractivity contribution < 1.29 is 33.4 Å². The van der Waals surface area contributed by atoms with E-state index >= 15 is 0 Å². The lowest BCUT2D eigenvalue weighted by molar-refractivity contribution is -0.147. The lowest BCUT2D eigenvalue weighted by Gasteiger charge is -2.28. The number of ether oxygens (including phenoxy) is 3. The van der Waals surface area contributed by atoms with Crippen LogP contribution in [0.25, 0.3) is 16.9 Å². The number of hydrogen-bond donors (Lipinski definition) is 0. The first kappa shape index (κ1) is 36.9. The lowest BCUT2D eigenvalue weighted by atomic mass is 10.0. The molecule has 0 N–H and O–H groups in total. The predicted molar refractivity (Wildman–Crippen MR) is 195 cm³/mol. The highest BCUT2D eigenvalue weighted by molar-refractivity contribution is 6.31. The highest BCUT2D eigenvalue weighted by Gasteiger charge is 2.57. The topological polar surface area (TPSA) is 177 Å². The minimum Gasteiger partial charge on any atom is -0.456 e. The van der Waals surface area contributed by atoms with Gasteiger partial charge in [0.15, 0.2) is 23.4 Å². The molecular weight excluding hydrogens is 741 g/mol. The number of aromatic nitrogens is 5. The van der Waals surface area contributed by atoms with Crippen LogP contribution in [0.4, 0.5) is 9.59 Å². The molecule has 4 aromatic rings. The van der Waals surface area contributed by atoms with E-state index in [1.54, 1.807) is 71.9 Å². The molecule has 7 rings (SSSR count). The number of imide groups is 1. The number of ketones is 1. The van der Waals surface area contributed by atoms with Gasteiger partial charge < -0.3 is 14.2 Å². The van der Waals surface area contributed by atoms with Crippen LogP contribution < -0.4 is 5.56 Å². The second-order valence-corrected chi connectivity index (χ2v) is 16.0. The van der Waals surface area contributed by atoms with Crippen molar-refractivity contribution in [1.29, 1.82) is 0 Å². The first-order valence-electron chi connectivity index (χ1n) is 17.0. The molecule has 280 valence electrons. The molecule has 3 atom stereocenters. The molecule has 0 radical (unpaired) electrons. The zero-order valence-corrected chi connectivity index (χ0v) is 31.6. The van der Waals surface area contributed by atoms with Gasteiger partial charge in [0.1, 0.15) is 23.1 Å². The molecule has 0 bridgehead atoms. The number of amides is 2. The van der Waals surface area contributed by atoms with Crippen molar-refractivity contribution in [2.75, 3.05) is 6.61 Å². The Morgan fingerprint density at radius 2 is 1.63 bits per heavy atom. The van der Waals surface area contributed by atoms with Crippen LogP contribution in [0, 0.1) is 5.92 Å². The van der Waals surface area contributed by atoms with Crippen molar-refractivity contribution in [1.82, 2.24) is 29.4 Å². The molecule has 3 aliphatic rings. The van der Waals surface area contributed by atoms with E-state index in [1.165, 1.54) is 27.6 Å². The maximum absolute atomic E-state index is 13.6. The molecule has 0 saturated heterocycles. The van der Waals surface area contributed by atoms with E-state index in [1.807, 2.05) is 0 Å². The summed E-state index contributed by atoms with van der Waals surface area (Å²) in [6.45, 7) is 9.51. The maximum Gasteiger partial charge on any atom is 0.425 e. The van der Waals surface area contributed by atoms with Crippen molar-refractivity contribution >= 4 is 53.0 Å². The Kier molecular flexibility index (Phi) is 9.21. The van der Waals surface area contributed by atoms with Gasteiger partial charge in [0.05, 0.1) is 24.1 Å². The van der Waals surface area contributed by atoms with Crippen molar-refractivity contribution in [3.8, 4) is 16.9 Å². The fourth-order valence-corrected chi connectivity index (χ4v) is 6.81. The maximum atomic E-state index is 13.6. The molecule has 0 spiro atoms. The van der Waals surface area contributed by atoms with Gasteiger partial charge in [0.2, 0.25) is 0 Å². The summed E-state index contributed by atoms with van der Waals surface area (Å²) < 4.78 is 19.3. The molecule has 1 saturated carbocycles. The molecule has 2 aliphatic heterocycles. The van der Waals surface area contributed by atoms with E-state index < -0.39 is 53.3 Å². The average Bonchev–Trinajstić information content (AvgIpc) is 3.37. The van der Waals surface area contributed by atoms with E-state index in [0.717, 1.165) is 4.90 Å². The number of halogens is 2. The summed E-state index contributed by atoms with van der Waals surface area (Å²) >= 11 is 12.3. The van der Waals surface area contributed by atoms with Gasteiger partial charge in [-0.1, -0.05) is 40.5 Å². The van der Waals surface area contributed by atoms with Gasteiger partial charge >= 0.3 is 18.2 Å². The number of benzene rings is 2. The molecular formula is C37H35Cl2N7O8. The Labute approximate surface area is 318 Å². The van der Waals surface area contributed by atoms with E-state index in [-0.39, 0.29) is 34.9 Å². The zero-order chi connectivity index (χ0) is 38.9. The lowest BCUT2D eigenvalue weighted by Crippen LogP contribution is -2.46. The summed E-state index contributed by atoms with van der Waals surface area (Å²) in [5, 5.41) is 8.44. The fourth-order valence-electron chi connectivity index (χ4n) is 6.52. The SMILES string of the molecule is CC(C)(C)OC(=O)N(C(=O)OC(C)(C)C)C1=NCc2cc(C(=O)COC(=O)[C@@H]3[C@H]4C[C@H]4c4nc(-c5cc(Cl)ccc5-n5cc(Cl)nn5)cc(=O)n43)ccc21. The summed E-state index contributed by atoms with van der Waals surface area (Å²) in [4.78, 5) is 76.7. The molecule has 15 nitrogen and oxygen atoms in total. The number of rotatable bonds is 6. The Bertz CT molecular complexity index is 2310. The van der Waals surface area contributed by atoms with Crippen LogP contribution in [0.1, 0.15) is 87.2 Å². The zero-order valence-electron chi connectivity index (χ0n) is 30.1. The number of carbonyl (C=O) groups is 4. The molecule has 0 unspecified atom stereocenters. The molecule has 2 aromatic heterocycles. The Morgan fingerprint density at radius 1 is 0.926 bits per heavy atom. The quantitative estimate of drug-likeness (QED) is 0.122. The van der Waals surface area contributed by atoms with Crippen LogP contribution in [-0.4, -0.2) is 77.0 Å². The average molecular weight is 777 g/mol. The summed E-state index contributed by atoms with van der Waals surface area (Å²) in [7, 11) is 0. The Balaban J connectivity index is 1.07. The third kappa shape index (κ3) is 7.25. The second kappa shape index (κ2) is 13.5. The third-order valence-corrected chi connectivity index (χ3v) is 9.21. The van der Waals surface area contributed by atoms with Gasteiger partial charge in [0, 0.05) is 39.6 Å². The van der Waals surface area contributed by atoms with Crippen LogP contribution in [-0.2, 0) is 25.5 Å². The van der Waals surface area contributed by atoms with Gasteiger partial charge in [-0.2, -0.15) is 4.90 Å². The Hall–Kier alpha value is -5.41. The molecule has 1 fully saturated rings. The molecule has 2 amide bonds. The van der Waals surface area contributed by atoms with Crippen LogP contribution in [0.3, 0.4) is 0 Å². The first-order valence-corrected chi connectivity index (χ1v) is 17.8. The number of amidine groups is 1. The van der Waals surface area contributed by atoms with Gasteiger partial charge in [-0.25, -0.2) is 24.0 Å². The van der Waals surface area contributed by atoms with E-state index in [2.05, 4.69) is 15.3 Å². The standard InChI is InChI=1S/C37H35Cl2N7O8/c1-36(2,3)53-34(50)46(35(51)54-37(4,5)6)31-21-9-7-18(11-19(21)15-40-31)27(47)17-52-33(49)30-22-13-23(22)32-41-25(14-29(48)45(30)32)24-12-20(38)8-10-26(24)44-16-28(39)42-43-44/h7-12,14,16,22-23,30H,13,15,17H2,1-6H3/t22-,23+,30-/m0/s1. The van der Waals surface area contributed by atoms with Crippen LogP contribution >= 0.6 is 23.2 Å². The van der Waals surface area contributed by atoms with Crippen LogP contribution in [0.2, 0.25) is 10.2 Å². The number of fused-ring (bicyclic) bond motifs is 4. The molecule has 2 aromatic carbocycles.